The largest absolute Gasteiger partial charge is 0.340 e. The average Bonchev–Trinajstić information content (AvgIpc) is 3.19. The van der Waals surface area contributed by atoms with Gasteiger partial charge in [0.25, 0.3) is 0 Å². The van der Waals surface area contributed by atoms with Crippen molar-refractivity contribution in [2.45, 2.75) is 58.0 Å². The maximum atomic E-state index is 13.3. The van der Waals surface area contributed by atoms with E-state index in [1.807, 2.05) is 12.3 Å². The van der Waals surface area contributed by atoms with Crippen LogP contribution in [0.1, 0.15) is 51.3 Å². The first-order valence-electron chi connectivity index (χ1n) is 10.9. The van der Waals surface area contributed by atoms with Crippen molar-refractivity contribution in [2.24, 2.45) is 0 Å². The molecule has 1 aromatic carbocycles. The number of carbonyl (C=O) groups excluding carboxylic acids is 1. The third kappa shape index (κ3) is 3.60. The van der Waals surface area contributed by atoms with Crippen LogP contribution in [0.3, 0.4) is 0 Å². The van der Waals surface area contributed by atoms with Crippen LogP contribution in [0.5, 0.6) is 0 Å². The van der Waals surface area contributed by atoms with Crippen LogP contribution in [0.25, 0.3) is 11.3 Å². The predicted octanol–water partition coefficient (Wildman–Crippen LogP) is 3.76. The van der Waals surface area contributed by atoms with Crippen LogP contribution in [0.2, 0.25) is 0 Å². The van der Waals surface area contributed by atoms with Gasteiger partial charge < -0.3 is 9.47 Å². The van der Waals surface area contributed by atoms with Gasteiger partial charge in [0.2, 0.25) is 5.91 Å². The van der Waals surface area contributed by atoms with Crippen LogP contribution in [0.4, 0.5) is 0 Å². The lowest BCUT2D eigenvalue weighted by Crippen LogP contribution is -2.53. The fourth-order valence-corrected chi connectivity index (χ4v) is 4.89. The van der Waals surface area contributed by atoms with Gasteiger partial charge in [-0.2, -0.15) is 0 Å². The van der Waals surface area contributed by atoms with Crippen molar-refractivity contribution in [3.8, 4) is 11.3 Å². The summed E-state index contributed by atoms with van der Waals surface area (Å²) in [6.45, 7) is 9.15. The number of hydrogen-bond acceptors (Lipinski definition) is 3. The molecule has 1 unspecified atom stereocenters. The van der Waals surface area contributed by atoms with Gasteiger partial charge in [-0.3, -0.25) is 9.69 Å². The first kappa shape index (κ1) is 19.2. The Morgan fingerprint density at radius 1 is 1.07 bits per heavy atom. The van der Waals surface area contributed by atoms with Gasteiger partial charge in [0.1, 0.15) is 5.82 Å². The Morgan fingerprint density at radius 3 is 2.46 bits per heavy atom. The molecule has 4 rings (SSSR count). The zero-order valence-electron chi connectivity index (χ0n) is 17.2. The Bertz CT molecular complexity index is 788. The van der Waals surface area contributed by atoms with Crippen molar-refractivity contribution in [3.63, 3.8) is 0 Å². The number of imidazole rings is 1. The molecule has 1 aromatic heterocycles. The van der Waals surface area contributed by atoms with Gasteiger partial charge in [0.05, 0.1) is 17.8 Å². The second-order valence-electron chi connectivity index (χ2n) is 8.05. The minimum absolute atomic E-state index is 0.0918. The molecule has 1 amide bonds. The maximum Gasteiger partial charge on any atom is 0.233 e. The second kappa shape index (κ2) is 8.48. The predicted molar refractivity (Wildman–Crippen MR) is 112 cm³/mol. The number of amides is 1. The highest BCUT2D eigenvalue weighted by Crippen LogP contribution is 2.33. The van der Waals surface area contributed by atoms with Crippen molar-refractivity contribution in [3.05, 3.63) is 42.4 Å². The van der Waals surface area contributed by atoms with E-state index < -0.39 is 0 Å². The number of piperazine rings is 1. The highest BCUT2D eigenvalue weighted by Gasteiger charge is 2.34. The zero-order chi connectivity index (χ0) is 19.5. The Hall–Kier alpha value is -2.14. The van der Waals surface area contributed by atoms with Crippen molar-refractivity contribution in [1.29, 1.82) is 0 Å². The van der Waals surface area contributed by atoms with Gasteiger partial charge in [-0.1, -0.05) is 44.2 Å². The minimum Gasteiger partial charge on any atom is -0.340 e. The highest BCUT2D eigenvalue weighted by molar-refractivity contribution is 5.83. The molecule has 2 aliphatic heterocycles. The summed E-state index contributed by atoms with van der Waals surface area (Å²) < 4.78 is 2.27. The van der Waals surface area contributed by atoms with E-state index in [1.165, 1.54) is 18.4 Å². The number of carbonyl (C=O) groups is 1. The van der Waals surface area contributed by atoms with Crippen LogP contribution >= 0.6 is 0 Å². The summed E-state index contributed by atoms with van der Waals surface area (Å²) in [5, 5.41) is 0. The molecule has 0 spiro atoms. The summed E-state index contributed by atoms with van der Waals surface area (Å²) in [5.41, 5.74) is 2.31. The van der Waals surface area contributed by atoms with Gasteiger partial charge in [-0.15, -0.1) is 0 Å². The Labute approximate surface area is 168 Å². The van der Waals surface area contributed by atoms with Gasteiger partial charge in [0.15, 0.2) is 0 Å². The molecule has 0 aliphatic carbocycles. The van der Waals surface area contributed by atoms with E-state index >= 15 is 0 Å². The van der Waals surface area contributed by atoms with E-state index in [-0.39, 0.29) is 11.8 Å². The summed E-state index contributed by atoms with van der Waals surface area (Å²) in [6, 6.07) is 11.0. The zero-order valence-corrected chi connectivity index (χ0v) is 17.2. The minimum atomic E-state index is -0.0918. The van der Waals surface area contributed by atoms with Crippen LogP contribution in [0.15, 0.2) is 36.5 Å². The van der Waals surface area contributed by atoms with Crippen molar-refractivity contribution in [2.75, 3.05) is 26.2 Å². The van der Waals surface area contributed by atoms with Crippen LogP contribution < -0.4 is 0 Å². The molecule has 2 aromatic rings. The lowest BCUT2D eigenvalue weighted by molar-refractivity contribution is -0.135. The summed E-state index contributed by atoms with van der Waals surface area (Å²) in [7, 11) is 0. The number of nitrogens with zero attached hydrogens (tertiary/aromatic N) is 4. The van der Waals surface area contributed by atoms with Crippen molar-refractivity contribution < 1.29 is 4.79 Å². The normalized spacial score (nSPS) is 20.4. The van der Waals surface area contributed by atoms with Crippen molar-refractivity contribution >= 4 is 5.91 Å². The molecule has 1 fully saturated rings. The van der Waals surface area contributed by atoms with E-state index in [2.05, 4.69) is 52.5 Å². The number of fused-ring (bicyclic) bond motifs is 1. The van der Waals surface area contributed by atoms with Gasteiger partial charge in [0, 0.05) is 38.8 Å². The van der Waals surface area contributed by atoms with E-state index in [0.717, 1.165) is 57.1 Å². The molecule has 28 heavy (non-hydrogen) atoms. The molecule has 0 N–H and O–H groups in total. The van der Waals surface area contributed by atoms with E-state index in [1.54, 1.807) is 0 Å². The fraction of sp³-hybridized carbons (Fsp3) is 0.565. The molecular weight excluding hydrogens is 348 g/mol. The average molecular weight is 381 g/mol. The van der Waals surface area contributed by atoms with Crippen LogP contribution in [-0.2, 0) is 11.3 Å². The molecule has 150 valence electrons. The summed E-state index contributed by atoms with van der Waals surface area (Å²) in [5.74, 6) is 1.14. The van der Waals surface area contributed by atoms with E-state index in [0.29, 0.717) is 6.04 Å². The number of aromatic nitrogens is 2. The van der Waals surface area contributed by atoms with Crippen LogP contribution in [-0.4, -0.2) is 57.5 Å². The smallest absolute Gasteiger partial charge is 0.233 e. The molecule has 1 saturated heterocycles. The topological polar surface area (TPSA) is 41.4 Å². The van der Waals surface area contributed by atoms with E-state index in [9.17, 15) is 4.79 Å². The second-order valence-corrected chi connectivity index (χ2v) is 8.05. The van der Waals surface area contributed by atoms with Crippen LogP contribution in [0, 0.1) is 0 Å². The van der Waals surface area contributed by atoms with Gasteiger partial charge in [-0.25, -0.2) is 4.98 Å². The van der Waals surface area contributed by atoms with E-state index in [4.69, 9.17) is 4.98 Å². The molecule has 5 heteroatoms. The lowest BCUT2D eigenvalue weighted by atomic mass is 9.96. The molecular formula is C23H32N4O. The Balaban J connectivity index is 1.48. The maximum absolute atomic E-state index is 13.3. The third-order valence-corrected chi connectivity index (χ3v) is 6.53. The Kier molecular flexibility index (Phi) is 5.81. The lowest BCUT2D eigenvalue weighted by Gasteiger charge is -2.40. The quantitative estimate of drug-likeness (QED) is 0.793. The molecule has 1 atom stereocenters. The monoisotopic (exact) mass is 380 g/mol. The standard InChI is InChI=1S/C23H32N4O/c1-3-19(4-2)25-13-15-26(16-14-25)23(28)20-11-8-12-27-21(17-24-22(20)27)18-9-6-5-7-10-18/h5-7,9-10,17,19-20H,3-4,8,11-16H2,1-2H3. The fourth-order valence-electron chi connectivity index (χ4n) is 4.89. The molecule has 0 radical (unpaired) electrons. The molecule has 0 saturated carbocycles. The molecule has 2 aliphatic rings. The highest BCUT2D eigenvalue weighted by atomic mass is 16.2. The Morgan fingerprint density at radius 2 is 1.79 bits per heavy atom. The summed E-state index contributed by atoms with van der Waals surface area (Å²) >= 11 is 0. The first-order chi connectivity index (χ1) is 13.7. The van der Waals surface area contributed by atoms with Gasteiger partial charge >= 0.3 is 0 Å². The summed E-state index contributed by atoms with van der Waals surface area (Å²) in [4.78, 5) is 22.7. The molecule has 5 nitrogen and oxygen atoms in total. The van der Waals surface area contributed by atoms with Gasteiger partial charge in [-0.05, 0) is 31.2 Å². The number of hydrogen-bond donors (Lipinski definition) is 0. The first-order valence-corrected chi connectivity index (χ1v) is 10.9. The third-order valence-electron chi connectivity index (χ3n) is 6.53. The number of benzene rings is 1. The molecule has 0 bridgehead atoms. The number of rotatable bonds is 5. The van der Waals surface area contributed by atoms with Crippen molar-refractivity contribution in [1.82, 2.24) is 19.4 Å². The SMILES string of the molecule is CCC(CC)N1CCN(C(=O)C2CCCn3c(-c4ccccc4)cnc32)CC1. The molecule has 3 heterocycles. The summed E-state index contributed by atoms with van der Waals surface area (Å²) in [6.07, 6.45) is 6.27.